The van der Waals surface area contributed by atoms with Crippen molar-refractivity contribution in [2.75, 3.05) is 13.2 Å². The number of ether oxygens (including phenoxy) is 1. The summed E-state index contributed by atoms with van der Waals surface area (Å²) in [7, 11) is 0. The highest BCUT2D eigenvalue weighted by atomic mass is 79.9. The van der Waals surface area contributed by atoms with Gasteiger partial charge in [0.05, 0.1) is 12.6 Å². The predicted molar refractivity (Wildman–Crippen MR) is 72.2 cm³/mol. The molecule has 3 nitrogen and oxygen atoms in total. The molecule has 1 atom stereocenters. The first-order valence-electron chi connectivity index (χ1n) is 5.97. The number of alkyl halides is 3. The van der Waals surface area contributed by atoms with E-state index in [1.165, 1.54) is 0 Å². The molecule has 7 heteroatoms. The Kier molecular flexibility index (Phi) is 6.48. The molecular weight excluding hydrogens is 339 g/mol. The summed E-state index contributed by atoms with van der Waals surface area (Å²) in [5.41, 5.74) is 0.906. The molecular formula is C13H15BrF3NO2. The number of carbonyl (C=O) groups is 1. The smallest absolute Gasteiger partial charge is 0.372 e. The van der Waals surface area contributed by atoms with Crippen LogP contribution in [0.5, 0.6) is 0 Å². The Morgan fingerprint density at radius 2 is 2.15 bits per heavy atom. The number of benzene rings is 1. The van der Waals surface area contributed by atoms with Crippen LogP contribution in [0.15, 0.2) is 28.7 Å². The van der Waals surface area contributed by atoms with Crippen molar-refractivity contribution < 1.29 is 22.7 Å². The fraction of sp³-hybridized carbons (Fsp3) is 0.462. The third kappa shape index (κ3) is 6.91. The van der Waals surface area contributed by atoms with Gasteiger partial charge in [0, 0.05) is 10.9 Å². The van der Waals surface area contributed by atoms with Crippen LogP contribution in [-0.2, 0) is 9.53 Å². The zero-order valence-corrected chi connectivity index (χ0v) is 12.4. The second kappa shape index (κ2) is 7.64. The van der Waals surface area contributed by atoms with Crippen LogP contribution in [0.3, 0.4) is 0 Å². The van der Waals surface area contributed by atoms with Crippen LogP contribution < -0.4 is 5.32 Å². The summed E-state index contributed by atoms with van der Waals surface area (Å²) in [6, 6.07) is 7.21. The Morgan fingerprint density at radius 1 is 1.45 bits per heavy atom. The molecule has 1 N–H and O–H groups in total. The van der Waals surface area contributed by atoms with E-state index in [0.717, 1.165) is 10.0 Å². The van der Waals surface area contributed by atoms with Crippen LogP contribution in [0.2, 0.25) is 0 Å². The first kappa shape index (κ1) is 17.0. The Bertz CT molecular complexity index is 451. The Hall–Kier alpha value is -1.08. The van der Waals surface area contributed by atoms with Crippen LogP contribution in [0.1, 0.15) is 24.9 Å². The van der Waals surface area contributed by atoms with Crippen molar-refractivity contribution in [3.05, 3.63) is 34.3 Å². The van der Waals surface area contributed by atoms with Crippen molar-refractivity contribution in [2.45, 2.75) is 25.6 Å². The molecule has 0 saturated carbocycles. The van der Waals surface area contributed by atoms with Gasteiger partial charge in [0.2, 0.25) is 5.91 Å². The van der Waals surface area contributed by atoms with Gasteiger partial charge in [0.25, 0.3) is 0 Å². The molecule has 1 rings (SSSR count). The molecule has 0 aliphatic carbocycles. The van der Waals surface area contributed by atoms with Gasteiger partial charge >= 0.3 is 6.18 Å². The third-order valence-electron chi connectivity index (χ3n) is 2.47. The molecule has 20 heavy (non-hydrogen) atoms. The largest absolute Gasteiger partial charge is 0.411 e. The minimum absolute atomic E-state index is 0.103. The van der Waals surface area contributed by atoms with Gasteiger partial charge in [0.1, 0.15) is 6.61 Å². The van der Waals surface area contributed by atoms with Gasteiger partial charge in [-0.3, -0.25) is 4.79 Å². The summed E-state index contributed by atoms with van der Waals surface area (Å²) in [5, 5.41) is 2.70. The van der Waals surface area contributed by atoms with Crippen LogP contribution in [0, 0.1) is 0 Å². The maximum atomic E-state index is 11.8. The summed E-state index contributed by atoms with van der Waals surface area (Å²) in [5.74, 6) is -0.348. The number of hydrogen-bond acceptors (Lipinski definition) is 2. The van der Waals surface area contributed by atoms with E-state index >= 15 is 0 Å². The van der Waals surface area contributed by atoms with E-state index in [1.807, 2.05) is 24.3 Å². The maximum absolute atomic E-state index is 11.8. The van der Waals surface area contributed by atoms with Gasteiger partial charge in [-0.1, -0.05) is 28.1 Å². The van der Waals surface area contributed by atoms with E-state index in [-0.39, 0.29) is 25.0 Å². The molecule has 0 aliphatic rings. The molecule has 0 aliphatic heterocycles. The number of nitrogens with one attached hydrogen (secondary N) is 1. The van der Waals surface area contributed by atoms with Crippen LogP contribution in [0.25, 0.3) is 0 Å². The summed E-state index contributed by atoms with van der Waals surface area (Å²) < 4.78 is 40.7. The molecule has 1 amide bonds. The second-order valence-corrected chi connectivity index (χ2v) is 5.18. The number of amides is 1. The molecule has 0 radical (unpaired) electrons. The Morgan fingerprint density at radius 3 is 2.75 bits per heavy atom. The minimum Gasteiger partial charge on any atom is -0.372 e. The van der Waals surface area contributed by atoms with Crippen LogP contribution in [0.4, 0.5) is 13.2 Å². The quantitative estimate of drug-likeness (QED) is 0.793. The maximum Gasteiger partial charge on any atom is 0.411 e. The number of halogens is 4. The van der Waals surface area contributed by atoms with Crippen molar-refractivity contribution in [1.82, 2.24) is 5.32 Å². The normalized spacial score (nSPS) is 13.1. The Labute approximate surface area is 123 Å². The van der Waals surface area contributed by atoms with Crippen molar-refractivity contribution in [2.24, 2.45) is 0 Å². The third-order valence-corrected chi connectivity index (χ3v) is 2.96. The lowest BCUT2D eigenvalue weighted by Crippen LogP contribution is -2.28. The number of rotatable bonds is 6. The zero-order chi connectivity index (χ0) is 15.2. The van der Waals surface area contributed by atoms with E-state index < -0.39 is 12.8 Å². The summed E-state index contributed by atoms with van der Waals surface area (Å²) in [4.78, 5) is 11.6. The van der Waals surface area contributed by atoms with Crippen molar-refractivity contribution in [1.29, 1.82) is 0 Å². The molecule has 1 unspecified atom stereocenters. The molecule has 1 aromatic rings. The topological polar surface area (TPSA) is 38.3 Å². The fourth-order valence-electron chi connectivity index (χ4n) is 1.53. The second-order valence-electron chi connectivity index (χ2n) is 4.26. The van der Waals surface area contributed by atoms with Crippen LogP contribution in [-0.4, -0.2) is 25.3 Å². The predicted octanol–water partition coefficient (Wildman–Crippen LogP) is 3.60. The number of carbonyl (C=O) groups excluding carboxylic acids is 1. The highest BCUT2D eigenvalue weighted by Crippen LogP contribution is 2.18. The van der Waals surface area contributed by atoms with Gasteiger partial charge in [-0.25, -0.2) is 0 Å². The monoisotopic (exact) mass is 353 g/mol. The van der Waals surface area contributed by atoms with E-state index in [2.05, 4.69) is 26.0 Å². The van der Waals surface area contributed by atoms with Crippen molar-refractivity contribution in [3.8, 4) is 0 Å². The molecule has 1 aromatic carbocycles. The molecule has 0 fully saturated rings. The molecule has 0 spiro atoms. The Balaban J connectivity index is 2.32. The van der Waals surface area contributed by atoms with E-state index in [1.54, 1.807) is 6.92 Å². The molecule has 0 saturated heterocycles. The molecule has 0 aromatic heterocycles. The fourth-order valence-corrected chi connectivity index (χ4v) is 1.94. The summed E-state index contributed by atoms with van der Waals surface area (Å²) in [6.07, 6.45) is -4.46. The van der Waals surface area contributed by atoms with Crippen LogP contribution >= 0.6 is 15.9 Å². The first-order chi connectivity index (χ1) is 9.28. The lowest BCUT2D eigenvalue weighted by Gasteiger charge is -2.15. The minimum atomic E-state index is -4.36. The van der Waals surface area contributed by atoms with Gasteiger partial charge in [-0.05, 0) is 24.6 Å². The van der Waals surface area contributed by atoms with E-state index in [9.17, 15) is 18.0 Å². The van der Waals surface area contributed by atoms with Gasteiger partial charge in [-0.15, -0.1) is 0 Å². The highest BCUT2D eigenvalue weighted by Gasteiger charge is 2.27. The van der Waals surface area contributed by atoms with Crippen molar-refractivity contribution in [3.63, 3.8) is 0 Å². The average molecular weight is 354 g/mol. The van der Waals surface area contributed by atoms with Gasteiger partial charge in [0.15, 0.2) is 0 Å². The zero-order valence-electron chi connectivity index (χ0n) is 10.8. The van der Waals surface area contributed by atoms with Gasteiger partial charge in [-0.2, -0.15) is 13.2 Å². The lowest BCUT2D eigenvalue weighted by atomic mass is 10.1. The highest BCUT2D eigenvalue weighted by molar-refractivity contribution is 9.10. The molecule has 0 bridgehead atoms. The molecule has 0 heterocycles. The average Bonchev–Trinajstić information content (AvgIpc) is 2.33. The number of hydrogen-bond donors (Lipinski definition) is 1. The standard InChI is InChI=1S/C13H15BrF3NO2/c1-9(10-3-2-4-11(14)7-10)18-12(19)5-6-20-8-13(15,16)17/h2-4,7,9H,5-6,8H2,1H3,(H,18,19). The summed E-state index contributed by atoms with van der Waals surface area (Å²) >= 11 is 3.33. The van der Waals surface area contributed by atoms with E-state index in [4.69, 9.17) is 0 Å². The van der Waals surface area contributed by atoms with E-state index in [0.29, 0.717) is 0 Å². The first-order valence-corrected chi connectivity index (χ1v) is 6.76. The SMILES string of the molecule is CC(NC(=O)CCOCC(F)(F)F)c1cccc(Br)c1. The lowest BCUT2D eigenvalue weighted by molar-refractivity contribution is -0.174. The van der Waals surface area contributed by atoms with Gasteiger partial charge < -0.3 is 10.1 Å². The van der Waals surface area contributed by atoms with Crippen molar-refractivity contribution >= 4 is 21.8 Å². The summed E-state index contributed by atoms with van der Waals surface area (Å²) in [6.45, 7) is 0.217. The molecule has 112 valence electrons.